The minimum atomic E-state index is 0.0696. The number of aliphatic hydroxyl groups is 1. The van der Waals surface area contributed by atoms with E-state index in [1.807, 2.05) is 26.0 Å². The summed E-state index contributed by atoms with van der Waals surface area (Å²) in [6.45, 7) is 5.17. The quantitative estimate of drug-likeness (QED) is 0.609. The van der Waals surface area contributed by atoms with Gasteiger partial charge in [-0.1, -0.05) is 12.1 Å². The van der Waals surface area contributed by atoms with Crippen molar-refractivity contribution in [2.24, 2.45) is 5.92 Å². The average molecular weight is 236 g/mol. The fourth-order valence-corrected chi connectivity index (χ4v) is 1.96. The van der Waals surface area contributed by atoms with Gasteiger partial charge in [0.2, 0.25) is 0 Å². The Labute approximate surface area is 102 Å². The smallest absolute Gasteiger partial charge is 0.189 e. The Morgan fingerprint density at radius 1 is 1.24 bits per heavy atom. The van der Waals surface area contributed by atoms with Gasteiger partial charge in [0, 0.05) is 0 Å². The van der Waals surface area contributed by atoms with E-state index in [1.165, 1.54) is 12.8 Å². The highest BCUT2D eigenvalue weighted by Gasteiger charge is 2.21. The predicted molar refractivity (Wildman–Crippen MR) is 66.0 cm³/mol. The van der Waals surface area contributed by atoms with Gasteiger partial charge in [0.25, 0.3) is 0 Å². The van der Waals surface area contributed by atoms with Crippen molar-refractivity contribution < 1.29 is 14.6 Å². The van der Waals surface area contributed by atoms with Crippen LogP contribution in [0.1, 0.15) is 29.5 Å². The van der Waals surface area contributed by atoms with Crippen molar-refractivity contribution in [3.63, 3.8) is 0 Å². The lowest BCUT2D eigenvalue weighted by molar-refractivity contribution is 0.00922. The lowest BCUT2D eigenvalue weighted by Crippen LogP contribution is -2.07. The number of hydrogen-bond donors (Lipinski definition) is 1. The Hall–Kier alpha value is -1.06. The van der Waals surface area contributed by atoms with Gasteiger partial charge < -0.3 is 14.6 Å². The molecule has 0 saturated heterocycles. The zero-order valence-corrected chi connectivity index (χ0v) is 10.5. The second-order valence-corrected chi connectivity index (χ2v) is 4.79. The Morgan fingerprint density at radius 3 is 2.41 bits per heavy atom. The Morgan fingerprint density at radius 2 is 1.88 bits per heavy atom. The summed E-state index contributed by atoms with van der Waals surface area (Å²) in [5.41, 5.74) is 3.01. The van der Waals surface area contributed by atoms with E-state index in [0.29, 0.717) is 6.79 Å². The van der Waals surface area contributed by atoms with Gasteiger partial charge in [-0.2, -0.15) is 0 Å². The van der Waals surface area contributed by atoms with E-state index in [-0.39, 0.29) is 6.61 Å². The monoisotopic (exact) mass is 236 g/mol. The van der Waals surface area contributed by atoms with Crippen LogP contribution in [0.5, 0.6) is 5.75 Å². The lowest BCUT2D eigenvalue weighted by Gasteiger charge is -2.13. The number of aliphatic hydroxyl groups excluding tert-OH is 1. The van der Waals surface area contributed by atoms with E-state index < -0.39 is 0 Å². The second-order valence-electron chi connectivity index (χ2n) is 4.79. The summed E-state index contributed by atoms with van der Waals surface area (Å²) in [6, 6.07) is 3.90. The van der Waals surface area contributed by atoms with Gasteiger partial charge in [-0.3, -0.25) is 0 Å². The summed E-state index contributed by atoms with van der Waals surface area (Å²) in [7, 11) is 0. The molecule has 1 N–H and O–H groups in total. The highest BCUT2D eigenvalue weighted by molar-refractivity contribution is 5.43. The molecule has 0 bridgehead atoms. The third-order valence-corrected chi connectivity index (χ3v) is 3.04. The van der Waals surface area contributed by atoms with Gasteiger partial charge in [-0.25, -0.2) is 0 Å². The fraction of sp³-hybridized carbons (Fsp3) is 0.571. The summed E-state index contributed by atoms with van der Waals surface area (Å²) >= 11 is 0. The van der Waals surface area contributed by atoms with Crippen molar-refractivity contribution >= 4 is 0 Å². The van der Waals surface area contributed by atoms with Crippen molar-refractivity contribution in [1.29, 1.82) is 0 Å². The first-order valence-electron chi connectivity index (χ1n) is 6.12. The molecule has 1 saturated carbocycles. The predicted octanol–water partition coefficient (Wildman–Crippen LogP) is 2.56. The summed E-state index contributed by atoms with van der Waals surface area (Å²) in [6.07, 6.45) is 2.59. The Bertz CT molecular complexity index is 360. The standard InChI is InChI=1S/C14H20O3/c1-10-5-13(7-15)6-11(2)14(10)17-9-16-8-12-3-4-12/h5-6,12,15H,3-4,7-9H2,1-2H3. The molecule has 0 spiro atoms. The maximum Gasteiger partial charge on any atom is 0.189 e. The van der Waals surface area contributed by atoms with Crippen LogP contribution in [-0.2, 0) is 11.3 Å². The molecule has 1 aliphatic carbocycles. The maximum absolute atomic E-state index is 9.09. The van der Waals surface area contributed by atoms with Crippen molar-refractivity contribution in [3.8, 4) is 5.75 Å². The number of aryl methyl sites for hydroxylation is 2. The normalized spacial score (nSPS) is 15.0. The molecule has 0 aromatic heterocycles. The van der Waals surface area contributed by atoms with Crippen LogP contribution in [0.25, 0.3) is 0 Å². The molecular weight excluding hydrogens is 216 g/mol. The van der Waals surface area contributed by atoms with Crippen LogP contribution in [0.4, 0.5) is 0 Å². The first-order chi connectivity index (χ1) is 8.20. The molecule has 94 valence electrons. The maximum atomic E-state index is 9.09. The van der Waals surface area contributed by atoms with Crippen LogP contribution in [0.15, 0.2) is 12.1 Å². The second kappa shape index (κ2) is 5.52. The van der Waals surface area contributed by atoms with Gasteiger partial charge in [0.1, 0.15) is 5.75 Å². The van der Waals surface area contributed by atoms with Crippen molar-refractivity contribution in [2.75, 3.05) is 13.4 Å². The molecule has 0 atom stereocenters. The van der Waals surface area contributed by atoms with Gasteiger partial charge in [0.05, 0.1) is 13.2 Å². The van der Waals surface area contributed by atoms with Crippen molar-refractivity contribution in [3.05, 3.63) is 28.8 Å². The van der Waals surface area contributed by atoms with Crippen LogP contribution in [0.2, 0.25) is 0 Å². The minimum absolute atomic E-state index is 0.0696. The van der Waals surface area contributed by atoms with E-state index in [4.69, 9.17) is 14.6 Å². The molecular formula is C14H20O3. The topological polar surface area (TPSA) is 38.7 Å². The van der Waals surface area contributed by atoms with E-state index in [0.717, 1.165) is 35.0 Å². The van der Waals surface area contributed by atoms with Gasteiger partial charge >= 0.3 is 0 Å². The molecule has 1 fully saturated rings. The highest BCUT2D eigenvalue weighted by Crippen LogP contribution is 2.29. The fourth-order valence-electron chi connectivity index (χ4n) is 1.96. The van der Waals surface area contributed by atoms with Gasteiger partial charge in [-0.15, -0.1) is 0 Å². The number of rotatable bonds is 6. The summed E-state index contributed by atoms with van der Waals surface area (Å²) in [5.74, 6) is 1.63. The molecule has 0 heterocycles. The molecule has 2 rings (SSSR count). The van der Waals surface area contributed by atoms with E-state index in [2.05, 4.69) is 0 Å². The molecule has 3 nitrogen and oxygen atoms in total. The number of ether oxygens (including phenoxy) is 2. The summed E-state index contributed by atoms with van der Waals surface area (Å²) < 4.78 is 11.1. The molecule has 1 aliphatic rings. The molecule has 0 aliphatic heterocycles. The van der Waals surface area contributed by atoms with Crippen molar-refractivity contribution in [1.82, 2.24) is 0 Å². The number of benzene rings is 1. The van der Waals surface area contributed by atoms with Gasteiger partial charge in [0.15, 0.2) is 6.79 Å². The first kappa shape index (κ1) is 12.4. The first-order valence-corrected chi connectivity index (χ1v) is 6.12. The molecule has 17 heavy (non-hydrogen) atoms. The van der Waals surface area contributed by atoms with Crippen LogP contribution >= 0.6 is 0 Å². The van der Waals surface area contributed by atoms with Crippen LogP contribution in [0.3, 0.4) is 0 Å². The largest absolute Gasteiger partial charge is 0.467 e. The zero-order chi connectivity index (χ0) is 12.3. The third-order valence-electron chi connectivity index (χ3n) is 3.04. The van der Waals surface area contributed by atoms with Gasteiger partial charge in [-0.05, 0) is 49.3 Å². The molecule has 1 aromatic rings. The Kier molecular flexibility index (Phi) is 4.02. The highest BCUT2D eigenvalue weighted by atomic mass is 16.7. The zero-order valence-electron chi connectivity index (χ0n) is 10.5. The van der Waals surface area contributed by atoms with Crippen LogP contribution < -0.4 is 4.74 Å². The molecule has 0 unspecified atom stereocenters. The van der Waals surface area contributed by atoms with E-state index in [1.54, 1.807) is 0 Å². The van der Waals surface area contributed by atoms with Crippen molar-refractivity contribution in [2.45, 2.75) is 33.3 Å². The minimum Gasteiger partial charge on any atom is -0.467 e. The molecule has 3 heteroatoms. The third kappa shape index (κ3) is 3.45. The average Bonchev–Trinajstić information content (AvgIpc) is 3.10. The van der Waals surface area contributed by atoms with Crippen LogP contribution in [-0.4, -0.2) is 18.5 Å². The lowest BCUT2D eigenvalue weighted by atomic mass is 10.1. The van der Waals surface area contributed by atoms with E-state index in [9.17, 15) is 0 Å². The van der Waals surface area contributed by atoms with E-state index >= 15 is 0 Å². The van der Waals surface area contributed by atoms with Crippen LogP contribution in [0, 0.1) is 19.8 Å². The molecule has 1 aromatic carbocycles. The number of hydrogen-bond acceptors (Lipinski definition) is 3. The SMILES string of the molecule is Cc1cc(CO)cc(C)c1OCOCC1CC1. The molecule has 0 radical (unpaired) electrons. The molecule has 0 amide bonds. The Balaban J connectivity index is 1.89. The summed E-state index contributed by atoms with van der Waals surface area (Å²) in [5, 5.41) is 9.09. The summed E-state index contributed by atoms with van der Waals surface area (Å²) in [4.78, 5) is 0.